The van der Waals surface area contributed by atoms with Gasteiger partial charge in [0.25, 0.3) is 5.91 Å². The summed E-state index contributed by atoms with van der Waals surface area (Å²) >= 11 is 1.04. The molecule has 1 aliphatic heterocycles. The summed E-state index contributed by atoms with van der Waals surface area (Å²) in [6, 6.07) is -0.429. The summed E-state index contributed by atoms with van der Waals surface area (Å²) in [4.78, 5) is 25.9. The fraction of sp³-hybridized carbons (Fsp3) is 0.667. The van der Waals surface area contributed by atoms with Gasteiger partial charge in [0.15, 0.2) is 0 Å². The fourth-order valence-electron chi connectivity index (χ4n) is 2.30. The number of carbonyl (C=O) groups excluding carboxylic acids is 1. The molecule has 7 nitrogen and oxygen atoms in total. The van der Waals surface area contributed by atoms with Gasteiger partial charge >= 0.3 is 5.97 Å². The molecule has 0 spiro atoms. The minimum atomic E-state index is -0.930. The Morgan fingerprint density at radius 3 is 2.80 bits per heavy atom. The third-order valence-electron chi connectivity index (χ3n) is 3.34. The molecule has 0 radical (unpaired) electrons. The number of aliphatic carboxylic acids is 1. The first-order valence-corrected chi connectivity index (χ1v) is 7.24. The van der Waals surface area contributed by atoms with E-state index in [1.54, 1.807) is 11.8 Å². The Morgan fingerprint density at radius 2 is 2.25 bits per heavy atom. The van der Waals surface area contributed by atoms with Crippen molar-refractivity contribution in [3.63, 3.8) is 0 Å². The summed E-state index contributed by atoms with van der Waals surface area (Å²) in [6.07, 6.45) is 0.750. The van der Waals surface area contributed by atoms with Crippen LogP contribution in [0.1, 0.15) is 28.7 Å². The predicted molar refractivity (Wildman–Crippen MR) is 71.7 cm³/mol. The molecule has 1 aromatic heterocycles. The Hall–Kier alpha value is -1.54. The zero-order valence-electron chi connectivity index (χ0n) is 11.4. The Kier molecular flexibility index (Phi) is 4.66. The lowest BCUT2D eigenvalue weighted by Crippen LogP contribution is -2.46. The number of hydrogen-bond acceptors (Lipinski definition) is 6. The van der Waals surface area contributed by atoms with Gasteiger partial charge in [0, 0.05) is 6.54 Å². The van der Waals surface area contributed by atoms with Crippen LogP contribution in [0.2, 0.25) is 0 Å². The molecule has 0 aliphatic carbocycles. The standard InChI is InChI=1S/C12H17N3O4S/c1-3-4-15(9-6-19-5-8(9)12(17)18)11(16)10-7(2)13-14-20-10/h8-9H,3-6H2,1-2H3,(H,17,18). The van der Waals surface area contributed by atoms with Crippen molar-refractivity contribution >= 4 is 23.4 Å². The van der Waals surface area contributed by atoms with E-state index in [1.807, 2.05) is 6.92 Å². The lowest BCUT2D eigenvalue weighted by Gasteiger charge is -2.29. The Bertz CT molecular complexity index is 505. The van der Waals surface area contributed by atoms with Gasteiger partial charge in [0.1, 0.15) is 10.8 Å². The van der Waals surface area contributed by atoms with E-state index in [1.165, 1.54) is 0 Å². The highest BCUT2D eigenvalue weighted by atomic mass is 32.1. The van der Waals surface area contributed by atoms with Crippen molar-refractivity contribution in [3.05, 3.63) is 10.6 Å². The summed E-state index contributed by atoms with van der Waals surface area (Å²) in [6.45, 7) is 4.57. The summed E-state index contributed by atoms with van der Waals surface area (Å²) in [5, 5.41) is 13.1. The van der Waals surface area contributed by atoms with Gasteiger partial charge in [-0.05, 0) is 24.9 Å². The van der Waals surface area contributed by atoms with Crippen molar-refractivity contribution in [2.24, 2.45) is 5.92 Å². The molecule has 1 aliphatic rings. The third-order valence-corrected chi connectivity index (χ3v) is 4.16. The van der Waals surface area contributed by atoms with Gasteiger partial charge in [-0.25, -0.2) is 0 Å². The molecule has 1 aromatic rings. The summed E-state index contributed by atoms with van der Waals surface area (Å²) in [5.74, 6) is -1.81. The number of nitrogens with zero attached hydrogens (tertiary/aromatic N) is 3. The monoisotopic (exact) mass is 299 g/mol. The minimum absolute atomic E-state index is 0.146. The molecule has 20 heavy (non-hydrogen) atoms. The van der Waals surface area contributed by atoms with E-state index < -0.39 is 17.9 Å². The Morgan fingerprint density at radius 1 is 1.50 bits per heavy atom. The SMILES string of the molecule is CCCN(C(=O)c1snnc1C)C1COCC1C(=O)O. The molecule has 1 fully saturated rings. The van der Waals surface area contributed by atoms with Crippen LogP contribution in [0.15, 0.2) is 0 Å². The van der Waals surface area contributed by atoms with Crippen molar-refractivity contribution in [2.75, 3.05) is 19.8 Å². The number of aromatic nitrogens is 2. The number of carbonyl (C=O) groups is 2. The van der Waals surface area contributed by atoms with Gasteiger partial charge in [-0.1, -0.05) is 11.4 Å². The molecule has 0 saturated carbocycles. The van der Waals surface area contributed by atoms with Gasteiger partial charge < -0.3 is 14.7 Å². The fourth-order valence-corrected chi connectivity index (χ4v) is 2.92. The van der Waals surface area contributed by atoms with E-state index >= 15 is 0 Å². The normalized spacial score (nSPS) is 21.9. The molecular formula is C12H17N3O4S. The largest absolute Gasteiger partial charge is 0.481 e. The van der Waals surface area contributed by atoms with E-state index in [9.17, 15) is 14.7 Å². The second kappa shape index (κ2) is 6.27. The maximum Gasteiger partial charge on any atom is 0.311 e. The smallest absolute Gasteiger partial charge is 0.311 e. The van der Waals surface area contributed by atoms with Crippen LogP contribution in [0.4, 0.5) is 0 Å². The number of ether oxygens (including phenoxy) is 1. The molecule has 2 unspecified atom stereocenters. The molecule has 2 rings (SSSR count). The highest BCUT2D eigenvalue weighted by molar-refractivity contribution is 7.07. The lowest BCUT2D eigenvalue weighted by atomic mass is 10.0. The molecule has 0 bridgehead atoms. The molecule has 0 aromatic carbocycles. The maximum absolute atomic E-state index is 12.6. The molecule has 8 heteroatoms. The zero-order valence-corrected chi connectivity index (χ0v) is 12.2. The van der Waals surface area contributed by atoms with E-state index in [2.05, 4.69) is 9.59 Å². The lowest BCUT2D eigenvalue weighted by molar-refractivity contribution is -0.142. The first-order chi connectivity index (χ1) is 9.56. The van der Waals surface area contributed by atoms with E-state index in [-0.39, 0.29) is 19.1 Å². The van der Waals surface area contributed by atoms with Gasteiger partial charge in [0.05, 0.1) is 24.9 Å². The van der Waals surface area contributed by atoms with Gasteiger partial charge in [-0.3, -0.25) is 9.59 Å². The molecule has 110 valence electrons. The summed E-state index contributed by atoms with van der Waals surface area (Å²) in [7, 11) is 0. The minimum Gasteiger partial charge on any atom is -0.481 e. The van der Waals surface area contributed by atoms with Crippen LogP contribution in [0, 0.1) is 12.8 Å². The molecule has 2 heterocycles. The molecule has 1 saturated heterocycles. The van der Waals surface area contributed by atoms with Crippen molar-refractivity contribution < 1.29 is 19.4 Å². The van der Waals surface area contributed by atoms with Crippen molar-refractivity contribution in [1.29, 1.82) is 0 Å². The van der Waals surface area contributed by atoms with E-state index in [0.29, 0.717) is 17.1 Å². The number of carboxylic acid groups (broad SMARTS) is 1. The molecule has 2 atom stereocenters. The predicted octanol–water partition coefficient (Wildman–Crippen LogP) is 0.798. The van der Waals surface area contributed by atoms with Gasteiger partial charge in [0.2, 0.25) is 0 Å². The Labute approximate surface area is 120 Å². The van der Waals surface area contributed by atoms with Crippen LogP contribution in [-0.2, 0) is 9.53 Å². The van der Waals surface area contributed by atoms with Crippen LogP contribution < -0.4 is 0 Å². The van der Waals surface area contributed by atoms with E-state index in [0.717, 1.165) is 18.0 Å². The van der Waals surface area contributed by atoms with Crippen LogP contribution in [0.3, 0.4) is 0 Å². The second-order valence-corrected chi connectivity index (χ2v) is 5.49. The number of amides is 1. The number of hydrogen-bond donors (Lipinski definition) is 1. The number of aryl methyl sites for hydroxylation is 1. The number of carboxylic acids is 1. The van der Waals surface area contributed by atoms with E-state index in [4.69, 9.17) is 4.74 Å². The van der Waals surface area contributed by atoms with Crippen LogP contribution in [0.25, 0.3) is 0 Å². The Balaban J connectivity index is 2.24. The van der Waals surface area contributed by atoms with Crippen molar-refractivity contribution in [2.45, 2.75) is 26.3 Å². The molecule has 1 N–H and O–H groups in total. The average molecular weight is 299 g/mol. The summed E-state index contributed by atoms with van der Waals surface area (Å²) < 4.78 is 9.02. The first-order valence-electron chi connectivity index (χ1n) is 6.46. The second-order valence-electron chi connectivity index (χ2n) is 4.74. The number of rotatable bonds is 5. The first kappa shape index (κ1) is 14.9. The topological polar surface area (TPSA) is 92.6 Å². The van der Waals surface area contributed by atoms with Gasteiger partial charge in [-0.15, -0.1) is 5.10 Å². The maximum atomic E-state index is 12.6. The molecular weight excluding hydrogens is 282 g/mol. The average Bonchev–Trinajstić information content (AvgIpc) is 3.03. The van der Waals surface area contributed by atoms with Crippen LogP contribution in [-0.4, -0.2) is 57.3 Å². The summed E-state index contributed by atoms with van der Waals surface area (Å²) in [5.41, 5.74) is 0.576. The van der Waals surface area contributed by atoms with Crippen molar-refractivity contribution in [1.82, 2.24) is 14.5 Å². The highest BCUT2D eigenvalue weighted by Gasteiger charge is 2.40. The quantitative estimate of drug-likeness (QED) is 0.864. The highest BCUT2D eigenvalue weighted by Crippen LogP contribution is 2.24. The van der Waals surface area contributed by atoms with Crippen LogP contribution in [0.5, 0.6) is 0 Å². The van der Waals surface area contributed by atoms with Gasteiger partial charge in [-0.2, -0.15) is 0 Å². The van der Waals surface area contributed by atoms with Crippen molar-refractivity contribution in [3.8, 4) is 0 Å². The third kappa shape index (κ3) is 2.80. The molecule has 1 amide bonds. The van der Waals surface area contributed by atoms with Crippen LogP contribution >= 0.6 is 11.5 Å². The zero-order chi connectivity index (χ0) is 14.7.